The van der Waals surface area contributed by atoms with Crippen LogP contribution >= 0.6 is 11.3 Å². The molecule has 1 aromatic heterocycles. The van der Waals surface area contributed by atoms with E-state index in [1.54, 1.807) is 18.2 Å². The number of nitrogens with zero attached hydrogens (tertiary/aromatic N) is 3. The van der Waals surface area contributed by atoms with Crippen LogP contribution in [-0.4, -0.2) is 15.1 Å². The first kappa shape index (κ1) is 10.7. The van der Waals surface area contributed by atoms with Crippen LogP contribution in [0.25, 0.3) is 10.6 Å². The maximum atomic E-state index is 10.8. The fraction of sp³-hybridized carbons (Fsp3) is 0.200. The van der Waals surface area contributed by atoms with Crippen LogP contribution in [0.1, 0.15) is 11.9 Å². The summed E-state index contributed by atoms with van der Waals surface area (Å²) in [6.45, 7) is 1.98. The Morgan fingerprint density at radius 3 is 2.75 bits per heavy atom. The van der Waals surface area contributed by atoms with Gasteiger partial charge in [-0.05, 0) is 12.5 Å². The Balaban J connectivity index is 2.50. The molecule has 0 N–H and O–H groups in total. The van der Waals surface area contributed by atoms with Crippen LogP contribution in [0, 0.1) is 10.1 Å². The average Bonchev–Trinajstić information content (AvgIpc) is 2.77. The number of hydrogen-bond donors (Lipinski definition) is 0. The number of benzene rings is 1. The van der Waals surface area contributed by atoms with Crippen molar-refractivity contribution < 1.29 is 4.92 Å². The third-order valence-electron chi connectivity index (χ3n) is 2.10. The lowest BCUT2D eigenvalue weighted by atomic mass is 10.2. The minimum absolute atomic E-state index is 0.0707. The van der Waals surface area contributed by atoms with Crippen molar-refractivity contribution in [1.82, 2.24) is 10.2 Å². The molecule has 1 aromatic carbocycles. The largest absolute Gasteiger partial charge is 0.279 e. The van der Waals surface area contributed by atoms with Crippen LogP contribution in [0.15, 0.2) is 24.3 Å². The second-order valence-corrected chi connectivity index (χ2v) is 4.19. The van der Waals surface area contributed by atoms with Gasteiger partial charge in [-0.15, -0.1) is 10.2 Å². The Labute approximate surface area is 95.9 Å². The van der Waals surface area contributed by atoms with Crippen molar-refractivity contribution in [3.8, 4) is 10.6 Å². The van der Waals surface area contributed by atoms with Crippen LogP contribution in [0.2, 0.25) is 0 Å². The van der Waals surface area contributed by atoms with E-state index in [4.69, 9.17) is 0 Å². The van der Waals surface area contributed by atoms with Gasteiger partial charge in [-0.1, -0.05) is 30.4 Å². The third kappa shape index (κ3) is 1.92. The smallest absolute Gasteiger partial charge is 0.258 e. The minimum Gasteiger partial charge on any atom is -0.258 e. The fourth-order valence-electron chi connectivity index (χ4n) is 1.32. The first-order valence-corrected chi connectivity index (χ1v) is 5.60. The van der Waals surface area contributed by atoms with Crippen molar-refractivity contribution in [3.63, 3.8) is 0 Å². The predicted octanol–water partition coefficient (Wildman–Crippen LogP) is 2.68. The van der Waals surface area contributed by atoms with Crippen molar-refractivity contribution in [1.29, 1.82) is 0 Å². The molecule has 0 radical (unpaired) electrons. The van der Waals surface area contributed by atoms with Crippen molar-refractivity contribution in [2.45, 2.75) is 13.3 Å². The highest BCUT2D eigenvalue weighted by molar-refractivity contribution is 7.14. The Bertz CT molecular complexity index is 524. The maximum Gasteiger partial charge on any atom is 0.279 e. The normalized spacial score (nSPS) is 10.3. The maximum absolute atomic E-state index is 10.8. The molecule has 0 fully saturated rings. The Morgan fingerprint density at radius 1 is 1.38 bits per heavy atom. The molecular formula is C10H9N3O2S. The van der Waals surface area contributed by atoms with E-state index in [0.717, 1.165) is 11.4 Å². The molecule has 0 amide bonds. The van der Waals surface area contributed by atoms with Gasteiger partial charge in [0.15, 0.2) is 5.01 Å². The molecule has 2 rings (SSSR count). The van der Waals surface area contributed by atoms with Gasteiger partial charge in [0.05, 0.1) is 10.5 Å². The van der Waals surface area contributed by atoms with E-state index < -0.39 is 4.92 Å². The summed E-state index contributed by atoms with van der Waals surface area (Å²) >= 11 is 1.39. The van der Waals surface area contributed by atoms with E-state index in [9.17, 15) is 10.1 Å². The summed E-state index contributed by atoms with van der Waals surface area (Å²) in [6, 6.07) is 6.57. The Hall–Kier alpha value is -1.82. The number of hydrogen-bond acceptors (Lipinski definition) is 5. The van der Waals surface area contributed by atoms with Crippen LogP contribution in [0.4, 0.5) is 5.69 Å². The van der Waals surface area contributed by atoms with Crippen LogP contribution in [0.3, 0.4) is 0 Å². The first-order valence-electron chi connectivity index (χ1n) is 4.78. The average molecular weight is 235 g/mol. The topological polar surface area (TPSA) is 68.9 Å². The molecule has 1 heterocycles. The van der Waals surface area contributed by atoms with Gasteiger partial charge >= 0.3 is 0 Å². The molecule has 0 spiro atoms. The number of nitro benzene ring substituents is 1. The summed E-state index contributed by atoms with van der Waals surface area (Å²) in [7, 11) is 0. The SMILES string of the molecule is CCc1nnc(-c2ccccc2[N+](=O)[O-])s1. The highest BCUT2D eigenvalue weighted by atomic mass is 32.1. The van der Waals surface area contributed by atoms with Gasteiger partial charge in [0.1, 0.15) is 5.01 Å². The molecule has 82 valence electrons. The number of aromatic nitrogens is 2. The van der Waals surface area contributed by atoms with Gasteiger partial charge in [-0.3, -0.25) is 10.1 Å². The molecule has 5 nitrogen and oxygen atoms in total. The molecule has 0 saturated heterocycles. The van der Waals surface area contributed by atoms with E-state index in [2.05, 4.69) is 10.2 Å². The zero-order valence-corrected chi connectivity index (χ0v) is 9.40. The first-order chi connectivity index (χ1) is 7.72. The number of para-hydroxylation sites is 1. The number of nitro groups is 1. The second kappa shape index (κ2) is 4.36. The van der Waals surface area contributed by atoms with Crippen molar-refractivity contribution in [2.75, 3.05) is 0 Å². The van der Waals surface area contributed by atoms with E-state index in [1.807, 2.05) is 6.92 Å². The van der Waals surface area contributed by atoms with Crippen molar-refractivity contribution in [2.24, 2.45) is 0 Å². The molecule has 0 aliphatic heterocycles. The molecule has 6 heteroatoms. The second-order valence-electron chi connectivity index (χ2n) is 3.13. The standard InChI is InChI=1S/C10H9N3O2S/c1-2-9-11-12-10(16-9)7-5-3-4-6-8(7)13(14)15/h3-6H,2H2,1H3. The van der Waals surface area contributed by atoms with E-state index in [0.29, 0.717) is 10.6 Å². The van der Waals surface area contributed by atoms with Crippen LogP contribution < -0.4 is 0 Å². The lowest BCUT2D eigenvalue weighted by Gasteiger charge is -1.96. The van der Waals surface area contributed by atoms with Crippen LogP contribution in [0.5, 0.6) is 0 Å². The lowest BCUT2D eigenvalue weighted by Crippen LogP contribution is -1.90. The Kier molecular flexibility index (Phi) is 2.91. The lowest BCUT2D eigenvalue weighted by molar-refractivity contribution is -0.384. The van der Waals surface area contributed by atoms with E-state index in [-0.39, 0.29) is 5.69 Å². The van der Waals surface area contributed by atoms with E-state index >= 15 is 0 Å². The summed E-state index contributed by atoms with van der Waals surface area (Å²) < 4.78 is 0. The van der Waals surface area contributed by atoms with Crippen molar-refractivity contribution >= 4 is 17.0 Å². The van der Waals surface area contributed by atoms with Crippen LogP contribution in [-0.2, 0) is 6.42 Å². The summed E-state index contributed by atoms with van der Waals surface area (Å²) in [6.07, 6.45) is 0.790. The predicted molar refractivity (Wildman–Crippen MR) is 61.4 cm³/mol. The highest BCUT2D eigenvalue weighted by Gasteiger charge is 2.17. The molecule has 2 aromatic rings. The molecule has 0 bridgehead atoms. The highest BCUT2D eigenvalue weighted by Crippen LogP contribution is 2.31. The van der Waals surface area contributed by atoms with Gasteiger partial charge in [-0.25, -0.2) is 0 Å². The molecule has 16 heavy (non-hydrogen) atoms. The minimum atomic E-state index is -0.400. The number of aryl methyl sites for hydroxylation is 1. The summed E-state index contributed by atoms with van der Waals surface area (Å²) in [5.74, 6) is 0. The van der Waals surface area contributed by atoms with Gasteiger partial charge in [0, 0.05) is 6.07 Å². The van der Waals surface area contributed by atoms with Crippen molar-refractivity contribution in [3.05, 3.63) is 39.4 Å². The summed E-state index contributed by atoms with van der Waals surface area (Å²) in [5, 5.41) is 20.2. The molecule has 0 aliphatic rings. The Morgan fingerprint density at radius 2 is 2.12 bits per heavy atom. The summed E-state index contributed by atoms with van der Waals surface area (Å²) in [5.41, 5.74) is 0.603. The van der Waals surface area contributed by atoms with Gasteiger partial charge in [-0.2, -0.15) is 0 Å². The molecule has 0 saturated carbocycles. The molecule has 0 atom stereocenters. The zero-order valence-electron chi connectivity index (χ0n) is 8.58. The monoisotopic (exact) mass is 235 g/mol. The van der Waals surface area contributed by atoms with E-state index in [1.165, 1.54) is 17.4 Å². The summed E-state index contributed by atoms with van der Waals surface area (Å²) in [4.78, 5) is 10.4. The zero-order chi connectivity index (χ0) is 11.5. The molecule has 0 aliphatic carbocycles. The van der Waals surface area contributed by atoms with Gasteiger partial charge < -0.3 is 0 Å². The molecular weight excluding hydrogens is 226 g/mol. The van der Waals surface area contributed by atoms with Gasteiger partial charge in [0.2, 0.25) is 0 Å². The third-order valence-corrected chi connectivity index (χ3v) is 3.20. The van der Waals surface area contributed by atoms with Gasteiger partial charge in [0.25, 0.3) is 5.69 Å². The quantitative estimate of drug-likeness (QED) is 0.605. The molecule has 0 unspecified atom stereocenters. The fourth-order valence-corrected chi connectivity index (χ4v) is 2.13. The number of rotatable bonds is 3.